The van der Waals surface area contributed by atoms with E-state index in [1.807, 2.05) is 0 Å². The molecule has 1 aromatic heterocycles. The average Bonchev–Trinajstić information content (AvgIpc) is 3.15. The van der Waals surface area contributed by atoms with Crippen molar-refractivity contribution in [3.63, 3.8) is 0 Å². The molecular weight excluding hydrogens is 409 g/mol. The maximum atomic E-state index is 13.4. The van der Waals surface area contributed by atoms with Crippen LogP contribution >= 0.6 is 0 Å². The lowest BCUT2D eigenvalue weighted by Crippen LogP contribution is -2.50. The van der Waals surface area contributed by atoms with Crippen LogP contribution in [0.15, 0.2) is 24.3 Å². The van der Waals surface area contributed by atoms with E-state index in [1.54, 1.807) is 17.0 Å². The molecule has 4 heterocycles. The minimum Gasteiger partial charge on any atom is -0.378 e. The Morgan fingerprint density at radius 3 is 2.55 bits per heavy atom. The molecule has 2 aromatic rings. The van der Waals surface area contributed by atoms with Crippen LogP contribution in [-0.2, 0) is 23.9 Å². The van der Waals surface area contributed by atoms with Gasteiger partial charge in [0.1, 0.15) is 0 Å². The van der Waals surface area contributed by atoms with Crippen LogP contribution < -0.4 is 0 Å². The van der Waals surface area contributed by atoms with Crippen molar-refractivity contribution in [1.29, 1.82) is 0 Å². The van der Waals surface area contributed by atoms with E-state index >= 15 is 0 Å². The molecular formula is C22H25F3N4O2. The van der Waals surface area contributed by atoms with Crippen LogP contribution in [0.3, 0.4) is 0 Å². The summed E-state index contributed by atoms with van der Waals surface area (Å²) < 4.78 is 45.4. The zero-order valence-corrected chi connectivity index (χ0v) is 17.1. The Morgan fingerprint density at radius 2 is 1.87 bits per heavy atom. The molecule has 31 heavy (non-hydrogen) atoms. The van der Waals surface area contributed by atoms with Gasteiger partial charge in [-0.1, -0.05) is 18.2 Å². The van der Waals surface area contributed by atoms with Crippen LogP contribution in [0.25, 0.3) is 0 Å². The number of benzene rings is 1. The summed E-state index contributed by atoms with van der Waals surface area (Å²) in [6.07, 6.45) is -2.52. The van der Waals surface area contributed by atoms with Crippen LogP contribution in [0.4, 0.5) is 13.2 Å². The normalized spacial score (nSPS) is 21.1. The summed E-state index contributed by atoms with van der Waals surface area (Å²) in [7, 11) is 0. The number of ether oxygens (including phenoxy) is 1. The molecule has 6 nitrogen and oxygen atoms in total. The number of halogens is 3. The number of carbonyl (C=O) groups excluding carboxylic acids is 1. The number of aromatic amines is 1. The second-order valence-electron chi connectivity index (χ2n) is 8.59. The first-order valence-corrected chi connectivity index (χ1v) is 10.7. The van der Waals surface area contributed by atoms with Crippen molar-refractivity contribution < 1.29 is 22.7 Å². The average molecular weight is 434 g/mol. The lowest BCUT2D eigenvalue weighted by molar-refractivity contribution is -0.138. The van der Waals surface area contributed by atoms with Gasteiger partial charge in [0.25, 0.3) is 5.91 Å². The van der Waals surface area contributed by atoms with E-state index in [0.717, 1.165) is 43.5 Å². The number of nitrogens with one attached hydrogen (secondary N) is 1. The topological polar surface area (TPSA) is 61.5 Å². The molecule has 1 aromatic carbocycles. The van der Waals surface area contributed by atoms with E-state index in [1.165, 1.54) is 6.07 Å². The second-order valence-corrected chi connectivity index (χ2v) is 8.59. The highest BCUT2D eigenvalue weighted by molar-refractivity contribution is 5.94. The van der Waals surface area contributed by atoms with Crippen LogP contribution in [0, 0.1) is 0 Å². The predicted octanol–water partition coefficient (Wildman–Crippen LogP) is 3.21. The molecule has 0 saturated carbocycles. The third-order valence-corrected chi connectivity index (χ3v) is 6.79. The van der Waals surface area contributed by atoms with Gasteiger partial charge in [-0.15, -0.1) is 0 Å². The van der Waals surface area contributed by atoms with Crippen LogP contribution in [0.1, 0.15) is 51.6 Å². The molecule has 3 aliphatic heterocycles. The number of fused-ring (bicyclic) bond motifs is 1. The molecule has 2 fully saturated rings. The molecule has 9 heteroatoms. The number of H-pyrrole nitrogens is 1. The summed E-state index contributed by atoms with van der Waals surface area (Å²) in [5.41, 5.74) is 2.18. The fraction of sp³-hybridized carbons (Fsp3) is 0.545. The molecule has 166 valence electrons. The van der Waals surface area contributed by atoms with Gasteiger partial charge in [0, 0.05) is 43.9 Å². The van der Waals surface area contributed by atoms with E-state index in [9.17, 15) is 18.0 Å². The van der Waals surface area contributed by atoms with Crippen molar-refractivity contribution in [3.8, 4) is 0 Å². The molecule has 0 atom stereocenters. The molecule has 1 N–H and O–H groups in total. The van der Waals surface area contributed by atoms with E-state index in [0.29, 0.717) is 49.8 Å². The van der Waals surface area contributed by atoms with E-state index in [2.05, 4.69) is 15.1 Å². The van der Waals surface area contributed by atoms with Gasteiger partial charge in [0.2, 0.25) is 0 Å². The Bertz CT molecular complexity index is 962. The summed E-state index contributed by atoms with van der Waals surface area (Å²) in [5, 5.41) is 7.33. The van der Waals surface area contributed by atoms with Gasteiger partial charge >= 0.3 is 6.18 Å². The maximum absolute atomic E-state index is 13.4. The van der Waals surface area contributed by atoms with Crippen LogP contribution in [0.5, 0.6) is 0 Å². The minimum atomic E-state index is -4.37. The number of piperidine rings is 1. The van der Waals surface area contributed by atoms with Crippen LogP contribution in [0.2, 0.25) is 0 Å². The van der Waals surface area contributed by atoms with E-state index in [-0.39, 0.29) is 11.8 Å². The smallest absolute Gasteiger partial charge is 0.378 e. The standard InChI is InChI=1S/C22H25F3N4O2/c23-22(24,25)18-4-2-1-3-16(18)14-5-8-28(9-6-14)21(30)20-17-11-29(15-12-31-13-15)10-7-19(17)26-27-20/h1-4,14-15H,5-13H2,(H,26,27). The molecule has 5 rings (SSSR count). The fourth-order valence-corrected chi connectivity index (χ4v) is 4.89. The number of rotatable bonds is 3. The maximum Gasteiger partial charge on any atom is 0.416 e. The number of amides is 1. The Hall–Kier alpha value is -2.39. The number of hydrogen-bond acceptors (Lipinski definition) is 4. The zero-order valence-electron chi connectivity index (χ0n) is 17.1. The first-order chi connectivity index (χ1) is 14.9. The summed E-state index contributed by atoms with van der Waals surface area (Å²) in [6, 6.07) is 6.17. The number of likely N-dealkylation sites (tertiary alicyclic amines) is 1. The zero-order chi connectivity index (χ0) is 21.6. The van der Waals surface area contributed by atoms with Gasteiger partial charge in [0.05, 0.1) is 24.8 Å². The molecule has 2 saturated heterocycles. The molecule has 3 aliphatic rings. The van der Waals surface area contributed by atoms with Gasteiger partial charge in [-0.25, -0.2) is 0 Å². The van der Waals surface area contributed by atoms with Crippen molar-refractivity contribution in [1.82, 2.24) is 20.0 Å². The molecule has 0 bridgehead atoms. The number of carbonyl (C=O) groups is 1. The Morgan fingerprint density at radius 1 is 1.13 bits per heavy atom. The minimum absolute atomic E-state index is 0.133. The molecule has 1 amide bonds. The van der Waals surface area contributed by atoms with Gasteiger partial charge in [-0.05, 0) is 30.4 Å². The van der Waals surface area contributed by atoms with Gasteiger partial charge in [0.15, 0.2) is 5.69 Å². The summed E-state index contributed by atoms with van der Waals surface area (Å²) in [4.78, 5) is 17.2. The number of nitrogens with zero attached hydrogens (tertiary/aromatic N) is 3. The Labute approximate surface area is 178 Å². The number of hydrogen-bond donors (Lipinski definition) is 1. The summed E-state index contributed by atoms with van der Waals surface area (Å²) >= 11 is 0. The number of alkyl halides is 3. The lowest BCUT2D eigenvalue weighted by atomic mass is 9.86. The summed E-state index contributed by atoms with van der Waals surface area (Å²) in [5.74, 6) is -0.337. The third kappa shape index (κ3) is 3.85. The van der Waals surface area contributed by atoms with E-state index in [4.69, 9.17) is 4.74 Å². The molecule has 0 unspecified atom stereocenters. The monoisotopic (exact) mass is 434 g/mol. The third-order valence-electron chi connectivity index (χ3n) is 6.79. The molecule has 0 radical (unpaired) electrons. The SMILES string of the molecule is O=C(c1n[nH]c2c1CN(C1COC1)CC2)N1CCC(c2ccccc2C(F)(F)F)CC1. The predicted molar refractivity (Wildman–Crippen MR) is 107 cm³/mol. The quantitative estimate of drug-likeness (QED) is 0.806. The highest BCUT2D eigenvalue weighted by Crippen LogP contribution is 2.39. The Kier molecular flexibility index (Phi) is 5.26. The second kappa shape index (κ2) is 7.94. The first-order valence-electron chi connectivity index (χ1n) is 10.7. The van der Waals surface area contributed by atoms with E-state index < -0.39 is 11.7 Å². The van der Waals surface area contributed by atoms with Gasteiger partial charge < -0.3 is 9.64 Å². The van der Waals surface area contributed by atoms with Crippen molar-refractivity contribution in [2.45, 2.75) is 43.9 Å². The number of aromatic nitrogens is 2. The van der Waals surface area contributed by atoms with Gasteiger partial charge in [-0.2, -0.15) is 18.3 Å². The van der Waals surface area contributed by atoms with Crippen molar-refractivity contribution >= 4 is 5.91 Å². The lowest BCUT2D eigenvalue weighted by Gasteiger charge is -2.39. The van der Waals surface area contributed by atoms with Crippen LogP contribution in [-0.4, -0.2) is 64.8 Å². The molecule has 0 aliphatic carbocycles. The summed E-state index contributed by atoms with van der Waals surface area (Å²) in [6.45, 7) is 3.90. The van der Waals surface area contributed by atoms with Crippen molar-refractivity contribution in [3.05, 3.63) is 52.3 Å². The fourth-order valence-electron chi connectivity index (χ4n) is 4.89. The van der Waals surface area contributed by atoms with Crippen molar-refractivity contribution in [2.24, 2.45) is 0 Å². The highest BCUT2D eigenvalue weighted by Gasteiger charge is 2.37. The highest BCUT2D eigenvalue weighted by atomic mass is 19.4. The van der Waals surface area contributed by atoms with Gasteiger partial charge in [-0.3, -0.25) is 14.8 Å². The Balaban J connectivity index is 1.27. The largest absolute Gasteiger partial charge is 0.416 e. The van der Waals surface area contributed by atoms with Crippen molar-refractivity contribution in [2.75, 3.05) is 32.8 Å². The first kappa shape index (κ1) is 20.5. The molecule has 0 spiro atoms.